The Morgan fingerprint density at radius 3 is 2.03 bits per heavy atom. The Kier molecular flexibility index (Phi) is 6.02. The summed E-state index contributed by atoms with van der Waals surface area (Å²) in [6, 6.07) is 21.5. The summed E-state index contributed by atoms with van der Waals surface area (Å²) in [6.07, 6.45) is 2.05. The van der Waals surface area contributed by atoms with Gasteiger partial charge in [0.05, 0.1) is 6.54 Å². The van der Waals surface area contributed by atoms with Crippen molar-refractivity contribution in [2.45, 2.75) is 37.6 Å². The molecule has 6 heteroatoms. The number of nitrogens with zero attached hydrogens (tertiary/aromatic N) is 1. The van der Waals surface area contributed by atoms with Crippen LogP contribution in [0.1, 0.15) is 41.1 Å². The molecule has 0 bridgehead atoms. The van der Waals surface area contributed by atoms with Gasteiger partial charge in [-0.15, -0.1) is 0 Å². The van der Waals surface area contributed by atoms with Crippen molar-refractivity contribution in [3.8, 4) is 0 Å². The highest BCUT2D eigenvalue weighted by molar-refractivity contribution is 5.44. The van der Waals surface area contributed by atoms with E-state index in [1.54, 1.807) is 36.4 Å². The lowest BCUT2D eigenvalue weighted by molar-refractivity contribution is 0.0943. The molecule has 4 aromatic rings. The monoisotopic (exact) mass is 463 g/mol. The molecule has 0 atom stereocenters. The fourth-order valence-electron chi connectivity index (χ4n) is 4.33. The van der Waals surface area contributed by atoms with Crippen molar-refractivity contribution in [3.05, 3.63) is 131 Å². The summed E-state index contributed by atoms with van der Waals surface area (Å²) in [4.78, 5) is 2.14. The highest BCUT2D eigenvalue weighted by Gasteiger charge is 2.38. The van der Waals surface area contributed by atoms with Gasteiger partial charge in [0.25, 0.3) is 0 Å². The lowest BCUT2D eigenvalue weighted by Crippen LogP contribution is -2.29. The third kappa shape index (κ3) is 4.52. The van der Waals surface area contributed by atoms with Gasteiger partial charge in [-0.3, -0.25) is 4.90 Å². The van der Waals surface area contributed by atoms with E-state index in [9.17, 15) is 18.3 Å². The zero-order valence-corrected chi connectivity index (χ0v) is 18.4. The summed E-state index contributed by atoms with van der Waals surface area (Å²) in [6.45, 7) is 0.854. The van der Waals surface area contributed by atoms with E-state index in [2.05, 4.69) is 4.90 Å². The van der Waals surface area contributed by atoms with Crippen LogP contribution in [-0.4, -0.2) is 16.0 Å². The summed E-state index contributed by atoms with van der Waals surface area (Å²) in [5.74, 6) is -0.572. The molecule has 1 aliphatic carbocycles. The van der Waals surface area contributed by atoms with Crippen LogP contribution in [0, 0.1) is 17.5 Å². The second-order valence-electron chi connectivity index (χ2n) is 8.72. The molecule has 174 valence electrons. The number of halogens is 3. The standard InChI is InChI=1S/C28H24F3NO2/c29-22-8-3-6-20(15-22)28(33,21-7-4-9-23(30)16-21)27-14-13-25(34-27)18-32(24-11-12-24)17-19-5-1-2-10-26(19)31/h1-10,13-16,24,33H,11-12,17-18H2. The van der Waals surface area contributed by atoms with Crippen molar-refractivity contribution < 1.29 is 22.7 Å². The number of benzene rings is 3. The lowest BCUT2D eigenvalue weighted by atomic mass is 9.84. The fourth-order valence-corrected chi connectivity index (χ4v) is 4.33. The Morgan fingerprint density at radius 2 is 1.44 bits per heavy atom. The van der Waals surface area contributed by atoms with E-state index in [4.69, 9.17) is 4.42 Å². The number of hydrogen-bond acceptors (Lipinski definition) is 3. The second-order valence-corrected chi connectivity index (χ2v) is 8.72. The second kappa shape index (κ2) is 9.12. The maximum Gasteiger partial charge on any atom is 0.173 e. The van der Waals surface area contributed by atoms with Crippen molar-refractivity contribution in [1.29, 1.82) is 0 Å². The third-order valence-corrected chi connectivity index (χ3v) is 6.26. The highest BCUT2D eigenvalue weighted by Crippen LogP contribution is 2.39. The van der Waals surface area contributed by atoms with Gasteiger partial charge in [-0.05, 0) is 66.4 Å². The van der Waals surface area contributed by atoms with Crippen molar-refractivity contribution >= 4 is 0 Å². The fraction of sp³-hybridized carbons (Fsp3) is 0.214. The van der Waals surface area contributed by atoms with Gasteiger partial charge in [-0.25, -0.2) is 13.2 Å². The molecule has 3 nitrogen and oxygen atoms in total. The van der Waals surface area contributed by atoms with Crippen LogP contribution in [0.2, 0.25) is 0 Å². The Balaban J connectivity index is 1.48. The van der Waals surface area contributed by atoms with Crippen LogP contribution in [0.5, 0.6) is 0 Å². The van der Waals surface area contributed by atoms with E-state index in [0.717, 1.165) is 12.8 Å². The van der Waals surface area contributed by atoms with Crippen LogP contribution in [0.15, 0.2) is 89.3 Å². The molecule has 3 aromatic carbocycles. The molecule has 0 unspecified atom stereocenters. The van der Waals surface area contributed by atoms with Gasteiger partial charge in [0.2, 0.25) is 0 Å². The maximum absolute atomic E-state index is 14.2. The Labute approximate surface area is 196 Å². The summed E-state index contributed by atoms with van der Waals surface area (Å²) in [5.41, 5.74) is -0.829. The Morgan fingerprint density at radius 1 is 0.794 bits per heavy atom. The minimum absolute atomic E-state index is 0.153. The number of aliphatic hydroxyl groups is 1. The molecule has 0 radical (unpaired) electrons. The maximum atomic E-state index is 14.2. The van der Waals surface area contributed by atoms with Crippen molar-refractivity contribution in [3.63, 3.8) is 0 Å². The van der Waals surface area contributed by atoms with Crippen LogP contribution in [0.25, 0.3) is 0 Å². The first-order valence-electron chi connectivity index (χ1n) is 11.2. The minimum Gasteiger partial charge on any atom is -0.461 e. The van der Waals surface area contributed by atoms with E-state index in [1.165, 1.54) is 42.5 Å². The normalized spacial score (nSPS) is 14.0. The summed E-state index contributed by atoms with van der Waals surface area (Å²) >= 11 is 0. The van der Waals surface area contributed by atoms with Gasteiger partial charge in [-0.1, -0.05) is 42.5 Å². The summed E-state index contributed by atoms with van der Waals surface area (Å²) in [5, 5.41) is 11.8. The molecule has 34 heavy (non-hydrogen) atoms. The van der Waals surface area contributed by atoms with Crippen molar-refractivity contribution in [1.82, 2.24) is 4.90 Å². The molecule has 0 aliphatic heterocycles. The molecule has 5 rings (SSSR count). The van der Waals surface area contributed by atoms with Crippen LogP contribution >= 0.6 is 0 Å². The molecular weight excluding hydrogens is 439 g/mol. The van der Waals surface area contributed by atoms with E-state index < -0.39 is 17.2 Å². The van der Waals surface area contributed by atoms with Gasteiger partial charge in [0.1, 0.15) is 29.0 Å². The predicted molar refractivity (Wildman–Crippen MR) is 122 cm³/mol. The Hall–Kier alpha value is -3.35. The first-order valence-corrected chi connectivity index (χ1v) is 11.2. The summed E-state index contributed by atoms with van der Waals surface area (Å²) < 4.78 is 48.4. The number of hydrogen-bond donors (Lipinski definition) is 1. The van der Waals surface area contributed by atoms with Gasteiger partial charge in [0, 0.05) is 18.2 Å². The van der Waals surface area contributed by atoms with E-state index in [-0.39, 0.29) is 22.7 Å². The Bertz CT molecular complexity index is 1250. The SMILES string of the molecule is OC(c1cccc(F)c1)(c1cccc(F)c1)c1ccc(CN(Cc2ccccc2F)C2CC2)o1. The summed E-state index contributed by atoms with van der Waals surface area (Å²) in [7, 11) is 0. The molecule has 0 spiro atoms. The number of rotatable bonds is 8. The highest BCUT2D eigenvalue weighted by atomic mass is 19.1. The molecule has 1 aliphatic rings. The number of furan rings is 1. The largest absolute Gasteiger partial charge is 0.461 e. The van der Waals surface area contributed by atoms with E-state index in [0.29, 0.717) is 30.5 Å². The van der Waals surface area contributed by atoms with Gasteiger partial charge in [-0.2, -0.15) is 0 Å². The smallest absolute Gasteiger partial charge is 0.173 e. The van der Waals surface area contributed by atoms with E-state index >= 15 is 0 Å². The van der Waals surface area contributed by atoms with Gasteiger partial charge < -0.3 is 9.52 Å². The van der Waals surface area contributed by atoms with Crippen LogP contribution < -0.4 is 0 Å². The predicted octanol–water partition coefficient (Wildman–Crippen LogP) is 6.15. The van der Waals surface area contributed by atoms with Gasteiger partial charge >= 0.3 is 0 Å². The first-order chi connectivity index (χ1) is 16.4. The van der Waals surface area contributed by atoms with Crippen molar-refractivity contribution in [2.24, 2.45) is 0 Å². The third-order valence-electron chi connectivity index (χ3n) is 6.26. The topological polar surface area (TPSA) is 36.6 Å². The van der Waals surface area contributed by atoms with Crippen LogP contribution in [0.4, 0.5) is 13.2 Å². The zero-order chi connectivity index (χ0) is 23.7. The van der Waals surface area contributed by atoms with Crippen molar-refractivity contribution in [2.75, 3.05) is 0 Å². The molecule has 1 fully saturated rings. The molecule has 1 saturated carbocycles. The molecule has 0 saturated heterocycles. The lowest BCUT2D eigenvalue weighted by Gasteiger charge is -2.27. The average Bonchev–Trinajstić information content (AvgIpc) is 3.57. The molecule has 0 amide bonds. The average molecular weight is 463 g/mol. The van der Waals surface area contributed by atoms with Crippen LogP contribution in [-0.2, 0) is 18.7 Å². The molecule has 1 heterocycles. The quantitative estimate of drug-likeness (QED) is 0.341. The molecule has 1 N–H and O–H groups in total. The van der Waals surface area contributed by atoms with Crippen LogP contribution in [0.3, 0.4) is 0 Å². The minimum atomic E-state index is -1.89. The first kappa shape index (κ1) is 22.4. The molecular formula is C28H24F3NO2. The molecule has 1 aromatic heterocycles. The van der Waals surface area contributed by atoms with E-state index in [1.807, 2.05) is 6.07 Å². The van der Waals surface area contributed by atoms with Gasteiger partial charge in [0.15, 0.2) is 5.60 Å². The zero-order valence-electron chi connectivity index (χ0n) is 18.4.